The van der Waals surface area contributed by atoms with E-state index in [1.54, 1.807) is 6.07 Å². The van der Waals surface area contributed by atoms with Crippen LogP contribution in [0.15, 0.2) is 36.4 Å². The molecule has 0 spiro atoms. The van der Waals surface area contributed by atoms with E-state index in [4.69, 9.17) is 32.7 Å². The summed E-state index contributed by atoms with van der Waals surface area (Å²) in [5.41, 5.74) is 1.63. The Morgan fingerprint density at radius 2 is 1.93 bits per heavy atom. The Hall–Kier alpha value is -1.95. The van der Waals surface area contributed by atoms with Gasteiger partial charge in [-0.05, 0) is 43.7 Å². The van der Waals surface area contributed by atoms with Crippen LogP contribution in [0.5, 0.6) is 11.5 Å². The summed E-state index contributed by atoms with van der Waals surface area (Å²) in [5.74, 6) is 1.30. The van der Waals surface area contributed by atoms with Crippen molar-refractivity contribution in [2.24, 2.45) is 5.92 Å². The number of piperidine rings is 1. The van der Waals surface area contributed by atoms with E-state index < -0.39 is 0 Å². The van der Waals surface area contributed by atoms with Crippen molar-refractivity contribution in [1.29, 1.82) is 0 Å². The highest BCUT2D eigenvalue weighted by Crippen LogP contribution is 2.34. The van der Waals surface area contributed by atoms with Crippen LogP contribution in [0.1, 0.15) is 18.4 Å². The Kier molecular flexibility index (Phi) is 5.43. The molecule has 2 aliphatic heterocycles. The molecule has 27 heavy (non-hydrogen) atoms. The van der Waals surface area contributed by atoms with Crippen LogP contribution in [-0.2, 0) is 11.3 Å². The molecule has 1 amide bonds. The minimum absolute atomic E-state index is 0.0174. The summed E-state index contributed by atoms with van der Waals surface area (Å²) in [5, 5.41) is 4.32. The Morgan fingerprint density at radius 1 is 1.15 bits per heavy atom. The van der Waals surface area contributed by atoms with Gasteiger partial charge >= 0.3 is 0 Å². The van der Waals surface area contributed by atoms with E-state index in [1.807, 2.05) is 30.3 Å². The zero-order chi connectivity index (χ0) is 18.8. The predicted octanol–water partition coefficient (Wildman–Crippen LogP) is 4.57. The van der Waals surface area contributed by atoms with Gasteiger partial charge in [-0.25, -0.2) is 0 Å². The van der Waals surface area contributed by atoms with E-state index in [2.05, 4.69) is 10.2 Å². The Balaban J connectivity index is 1.39. The van der Waals surface area contributed by atoms with E-state index >= 15 is 0 Å². The van der Waals surface area contributed by atoms with E-state index in [-0.39, 0.29) is 18.6 Å². The molecule has 2 aliphatic rings. The number of nitrogens with zero attached hydrogens (tertiary/aromatic N) is 1. The number of rotatable bonds is 4. The SMILES string of the molecule is O=C(Nc1ccc2c(c1)OCO2)C1CCCN(Cc2c(Cl)cccc2Cl)C1. The summed E-state index contributed by atoms with van der Waals surface area (Å²) in [6.45, 7) is 2.47. The normalized spacial score (nSPS) is 19.1. The van der Waals surface area contributed by atoms with Gasteiger partial charge in [-0.2, -0.15) is 0 Å². The first-order valence-corrected chi connectivity index (χ1v) is 9.71. The smallest absolute Gasteiger partial charge is 0.231 e. The van der Waals surface area contributed by atoms with E-state index in [0.29, 0.717) is 34.6 Å². The summed E-state index contributed by atoms with van der Waals surface area (Å²) in [6.07, 6.45) is 1.82. The van der Waals surface area contributed by atoms with Gasteiger partial charge in [0, 0.05) is 40.5 Å². The topological polar surface area (TPSA) is 50.8 Å². The molecule has 1 atom stereocenters. The molecule has 0 radical (unpaired) electrons. The largest absolute Gasteiger partial charge is 0.454 e. The number of carbonyl (C=O) groups excluding carboxylic acids is 1. The first-order valence-electron chi connectivity index (χ1n) is 8.96. The standard InChI is InChI=1S/C20H20Cl2N2O3/c21-16-4-1-5-17(22)15(16)11-24-8-2-3-13(10-24)20(25)23-14-6-7-18-19(9-14)27-12-26-18/h1,4-7,9,13H,2-3,8,10-12H2,(H,23,25). The molecule has 142 valence electrons. The first-order chi connectivity index (χ1) is 13.1. The van der Waals surface area contributed by atoms with Gasteiger partial charge in [-0.1, -0.05) is 29.3 Å². The number of likely N-dealkylation sites (tertiary alicyclic amines) is 1. The third kappa shape index (κ3) is 4.15. The molecular formula is C20H20Cl2N2O3. The van der Waals surface area contributed by atoms with Crippen LogP contribution < -0.4 is 14.8 Å². The molecule has 0 aromatic heterocycles. The van der Waals surface area contributed by atoms with Crippen molar-refractivity contribution in [3.63, 3.8) is 0 Å². The van der Waals surface area contributed by atoms with Gasteiger partial charge in [0.1, 0.15) is 0 Å². The first kappa shape index (κ1) is 18.4. The lowest BCUT2D eigenvalue weighted by molar-refractivity contribution is -0.121. The van der Waals surface area contributed by atoms with Crippen molar-refractivity contribution in [2.45, 2.75) is 19.4 Å². The van der Waals surface area contributed by atoms with Gasteiger partial charge < -0.3 is 14.8 Å². The molecule has 1 N–H and O–H groups in total. The molecule has 0 aliphatic carbocycles. The number of carbonyl (C=O) groups is 1. The number of anilines is 1. The fourth-order valence-corrected chi connectivity index (χ4v) is 4.06. The lowest BCUT2D eigenvalue weighted by Gasteiger charge is -2.32. The number of fused-ring (bicyclic) bond motifs is 1. The molecule has 2 heterocycles. The number of benzene rings is 2. The Labute approximate surface area is 168 Å². The van der Waals surface area contributed by atoms with Crippen LogP contribution in [0.4, 0.5) is 5.69 Å². The summed E-state index contributed by atoms with van der Waals surface area (Å²) in [7, 11) is 0. The van der Waals surface area contributed by atoms with Crippen LogP contribution in [0.2, 0.25) is 10.0 Å². The second kappa shape index (κ2) is 7.97. The maximum atomic E-state index is 12.7. The van der Waals surface area contributed by atoms with Gasteiger partial charge in [0.25, 0.3) is 0 Å². The van der Waals surface area contributed by atoms with Crippen LogP contribution in [0.25, 0.3) is 0 Å². The summed E-state index contributed by atoms with van der Waals surface area (Å²) >= 11 is 12.6. The lowest BCUT2D eigenvalue weighted by atomic mass is 9.96. The molecule has 2 aromatic carbocycles. The fraction of sp³-hybridized carbons (Fsp3) is 0.350. The average Bonchev–Trinajstić information content (AvgIpc) is 3.13. The average molecular weight is 407 g/mol. The Morgan fingerprint density at radius 3 is 2.74 bits per heavy atom. The lowest BCUT2D eigenvalue weighted by Crippen LogP contribution is -2.40. The van der Waals surface area contributed by atoms with Crippen LogP contribution in [0, 0.1) is 5.92 Å². The summed E-state index contributed by atoms with van der Waals surface area (Å²) in [4.78, 5) is 15.0. The quantitative estimate of drug-likeness (QED) is 0.807. The molecule has 2 aromatic rings. The number of amides is 1. The fourth-order valence-electron chi connectivity index (χ4n) is 3.54. The maximum Gasteiger partial charge on any atom is 0.231 e. The van der Waals surface area contributed by atoms with Gasteiger partial charge in [0.05, 0.1) is 5.92 Å². The van der Waals surface area contributed by atoms with Crippen LogP contribution >= 0.6 is 23.2 Å². The number of halogens is 2. The van der Waals surface area contributed by atoms with Gasteiger partial charge in [0.2, 0.25) is 12.7 Å². The predicted molar refractivity (Wildman–Crippen MR) is 106 cm³/mol. The van der Waals surface area contributed by atoms with Gasteiger partial charge in [-0.15, -0.1) is 0 Å². The summed E-state index contributed by atoms with van der Waals surface area (Å²) < 4.78 is 10.7. The van der Waals surface area contributed by atoms with Crippen molar-refractivity contribution < 1.29 is 14.3 Å². The van der Waals surface area contributed by atoms with Crippen LogP contribution in [0.3, 0.4) is 0 Å². The highest BCUT2D eigenvalue weighted by molar-refractivity contribution is 6.35. The van der Waals surface area contributed by atoms with Gasteiger partial charge in [0.15, 0.2) is 11.5 Å². The third-order valence-corrected chi connectivity index (χ3v) is 5.67. The zero-order valence-electron chi connectivity index (χ0n) is 14.7. The highest BCUT2D eigenvalue weighted by Gasteiger charge is 2.27. The van der Waals surface area contributed by atoms with E-state index in [0.717, 1.165) is 30.6 Å². The molecule has 5 nitrogen and oxygen atoms in total. The van der Waals surface area contributed by atoms with Crippen LogP contribution in [-0.4, -0.2) is 30.7 Å². The van der Waals surface area contributed by atoms with Crippen molar-refractivity contribution in [1.82, 2.24) is 4.90 Å². The van der Waals surface area contributed by atoms with Crippen molar-refractivity contribution in [3.8, 4) is 11.5 Å². The molecule has 0 bridgehead atoms. The molecule has 7 heteroatoms. The molecule has 1 fully saturated rings. The third-order valence-electron chi connectivity index (χ3n) is 4.96. The summed E-state index contributed by atoms with van der Waals surface area (Å²) in [6, 6.07) is 11.0. The zero-order valence-corrected chi connectivity index (χ0v) is 16.2. The molecule has 4 rings (SSSR count). The van der Waals surface area contributed by atoms with Crippen molar-refractivity contribution in [2.75, 3.05) is 25.2 Å². The highest BCUT2D eigenvalue weighted by atomic mass is 35.5. The number of ether oxygens (including phenoxy) is 2. The molecule has 1 unspecified atom stereocenters. The van der Waals surface area contributed by atoms with Crippen molar-refractivity contribution >= 4 is 34.8 Å². The number of hydrogen-bond donors (Lipinski definition) is 1. The second-order valence-electron chi connectivity index (χ2n) is 6.83. The number of nitrogens with one attached hydrogen (secondary N) is 1. The maximum absolute atomic E-state index is 12.7. The molecule has 0 saturated carbocycles. The second-order valence-corrected chi connectivity index (χ2v) is 7.65. The molecular weight excluding hydrogens is 387 g/mol. The number of hydrogen-bond acceptors (Lipinski definition) is 4. The van der Waals surface area contributed by atoms with E-state index in [9.17, 15) is 4.79 Å². The van der Waals surface area contributed by atoms with Gasteiger partial charge in [-0.3, -0.25) is 9.69 Å². The monoisotopic (exact) mass is 406 g/mol. The van der Waals surface area contributed by atoms with E-state index in [1.165, 1.54) is 0 Å². The minimum Gasteiger partial charge on any atom is -0.454 e. The minimum atomic E-state index is -0.0783. The molecule has 1 saturated heterocycles. The Bertz CT molecular complexity index is 839. The van der Waals surface area contributed by atoms with Crippen molar-refractivity contribution in [3.05, 3.63) is 52.0 Å².